The first-order valence-corrected chi connectivity index (χ1v) is 7.32. The molecule has 7 heteroatoms. The Kier molecular flexibility index (Phi) is 6.68. The molecular weight excluding hydrogens is 301 g/mol. The van der Waals surface area contributed by atoms with Gasteiger partial charge in [-0.15, -0.1) is 0 Å². The number of carbonyl (C=O) groups is 3. The molecule has 6 nitrogen and oxygen atoms in total. The zero-order valence-corrected chi connectivity index (χ0v) is 13.4. The van der Waals surface area contributed by atoms with Crippen molar-refractivity contribution in [2.75, 3.05) is 0 Å². The molecule has 0 unspecified atom stereocenters. The predicted octanol–water partition coefficient (Wildman–Crippen LogP) is 0.499. The number of hydrogen-bond donors (Lipinski definition) is 3. The van der Waals surface area contributed by atoms with Crippen LogP contribution in [-0.2, 0) is 20.8 Å². The van der Waals surface area contributed by atoms with Crippen molar-refractivity contribution < 1.29 is 18.8 Å². The van der Waals surface area contributed by atoms with E-state index in [9.17, 15) is 18.8 Å². The van der Waals surface area contributed by atoms with Gasteiger partial charge in [0.1, 0.15) is 17.9 Å². The van der Waals surface area contributed by atoms with Crippen LogP contribution in [0.15, 0.2) is 24.3 Å². The van der Waals surface area contributed by atoms with Crippen LogP contribution in [0.4, 0.5) is 4.39 Å². The SMILES string of the molecule is CC(=O)N[C@@H](Cc1cccc(F)c1)C(=O)N[C@H](C(N)=O)C(C)C. The van der Waals surface area contributed by atoms with E-state index in [1.807, 2.05) is 0 Å². The third kappa shape index (κ3) is 6.06. The Morgan fingerprint density at radius 3 is 2.35 bits per heavy atom. The fourth-order valence-corrected chi connectivity index (χ4v) is 2.17. The highest BCUT2D eigenvalue weighted by Crippen LogP contribution is 2.08. The van der Waals surface area contributed by atoms with Crippen molar-refractivity contribution in [3.05, 3.63) is 35.6 Å². The molecule has 1 rings (SSSR count). The Bertz CT molecular complexity index is 590. The molecule has 0 aliphatic carbocycles. The van der Waals surface area contributed by atoms with Crippen molar-refractivity contribution in [1.82, 2.24) is 10.6 Å². The summed E-state index contributed by atoms with van der Waals surface area (Å²) in [5.74, 6) is -2.21. The lowest BCUT2D eigenvalue weighted by molar-refractivity contribution is -0.131. The van der Waals surface area contributed by atoms with Gasteiger partial charge >= 0.3 is 0 Å². The number of nitrogens with two attached hydrogens (primary N) is 1. The standard InChI is InChI=1S/C16H22FN3O3/c1-9(2)14(15(18)22)20-16(23)13(19-10(3)21)8-11-5-4-6-12(17)7-11/h4-7,9,13-14H,8H2,1-3H3,(H2,18,22)(H,19,21)(H,20,23)/t13-,14-/m0/s1. The van der Waals surface area contributed by atoms with Crippen LogP contribution in [0.5, 0.6) is 0 Å². The molecule has 0 saturated heterocycles. The average Bonchev–Trinajstić information content (AvgIpc) is 2.42. The van der Waals surface area contributed by atoms with Gasteiger partial charge < -0.3 is 16.4 Å². The summed E-state index contributed by atoms with van der Waals surface area (Å²) in [6.07, 6.45) is 0.104. The molecule has 23 heavy (non-hydrogen) atoms. The van der Waals surface area contributed by atoms with Crippen LogP contribution in [0, 0.1) is 11.7 Å². The minimum atomic E-state index is -0.921. The highest BCUT2D eigenvalue weighted by atomic mass is 19.1. The Morgan fingerprint density at radius 2 is 1.87 bits per heavy atom. The Labute approximate surface area is 134 Å². The lowest BCUT2D eigenvalue weighted by Gasteiger charge is -2.23. The first-order chi connectivity index (χ1) is 10.7. The zero-order chi connectivity index (χ0) is 17.6. The first kappa shape index (κ1) is 18.6. The number of amides is 3. The molecule has 0 saturated carbocycles. The molecule has 0 aliphatic heterocycles. The molecule has 0 aliphatic rings. The molecular formula is C16H22FN3O3. The summed E-state index contributed by atoms with van der Waals surface area (Å²) in [6, 6.07) is 3.99. The monoisotopic (exact) mass is 323 g/mol. The number of hydrogen-bond acceptors (Lipinski definition) is 3. The number of nitrogens with one attached hydrogen (secondary N) is 2. The van der Waals surface area contributed by atoms with E-state index in [0.717, 1.165) is 0 Å². The highest BCUT2D eigenvalue weighted by molar-refractivity contribution is 5.91. The summed E-state index contributed by atoms with van der Waals surface area (Å²) in [5.41, 5.74) is 5.82. The smallest absolute Gasteiger partial charge is 0.243 e. The summed E-state index contributed by atoms with van der Waals surface area (Å²) < 4.78 is 13.3. The van der Waals surface area contributed by atoms with Gasteiger partial charge in [0.2, 0.25) is 17.7 Å². The van der Waals surface area contributed by atoms with Crippen molar-refractivity contribution in [1.29, 1.82) is 0 Å². The van der Waals surface area contributed by atoms with E-state index in [-0.39, 0.29) is 12.3 Å². The molecule has 0 heterocycles. The van der Waals surface area contributed by atoms with Gasteiger partial charge in [-0.2, -0.15) is 0 Å². The molecule has 0 spiro atoms. The predicted molar refractivity (Wildman–Crippen MR) is 83.7 cm³/mol. The minimum absolute atomic E-state index is 0.104. The van der Waals surface area contributed by atoms with Gasteiger partial charge in [-0.1, -0.05) is 26.0 Å². The molecule has 1 aromatic rings. The maximum absolute atomic E-state index is 13.3. The second kappa shape index (κ2) is 8.26. The summed E-state index contributed by atoms with van der Waals surface area (Å²) in [6.45, 7) is 4.77. The highest BCUT2D eigenvalue weighted by Gasteiger charge is 2.27. The number of halogens is 1. The van der Waals surface area contributed by atoms with Gasteiger partial charge in [0.15, 0.2) is 0 Å². The van der Waals surface area contributed by atoms with Crippen LogP contribution in [-0.4, -0.2) is 29.8 Å². The van der Waals surface area contributed by atoms with Crippen molar-refractivity contribution in [2.24, 2.45) is 11.7 Å². The van der Waals surface area contributed by atoms with Gasteiger partial charge in [-0.05, 0) is 23.6 Å². The van der Waals surface area contributed by atoms with Crippen LogP contribution < -0.4 is 16.4 Å². The molecule has 3 amide bonds. The van der Waals surface area contributed by atoms with Crippen LogP contribution in [0.25, 0.3) is 0 Å². The van der Waals surface area contributed by atoms with E-state index in [4.69, 9.17) is 5.73 Å². The molecule has 2 atom stereocenters. The van der Waals surface area contributed by atoms with Crippen molar-refractivity contribution >= 4 is 17.7 Å². The van der Waals surface area contributed by atoms with Gasteiger partial charge in [0.25, 0.3) is 0 Å². The van der Waals surface area contributed by atoms with Crippen molar-refractivity contribution in [2.45, 2.75) is 39.3 Å². The van der Waals surface area contributed by atoms with Crippen LogP contribution in [0.1, 0.15) is 26.3 Å². The molecule has 0 aromatic heterocycles. The Hall–Kier alpha value is -2.44. The lowest BCUT2D eigenvalue weighted by Crippen LogP contribution is -2.55. The lowest BCUT2D eigenvalue weighted by atomic mass is 10.0. The van der Waals surface area contributed by atoms with E-state index in [1.165, 1.54) is 25.1 Å². The summed E-state index contributed by atoms with van der Waals surface area (Å²) >= 11 is 0. The molecule has 0 bridgehead atoms. The fourth-order valence-electron chi connectivity index (χ4n) is 2.17. The molecule has 4 N–H and O–H groups in total. The van der Waals surface area contributed by atoms with Crippen LogP contribution in [0.3, 0.4) is 0 Å². The topological polar surface area (TPSA) is 101 Å². The maximum atomic E-state index is 13.3. The van der Waals surface area contributed by atoms with Gasteiger partial charge in [-0.25, -0.2) is 4.39 Å². The number of rotatable bonds is 7. The van der Waals surface area contributed by atoms with Crippen LogP contribution in [0.2, 0.25) is 0 Å². The fraction of sp³-hybridized carbons (Fsp3) is 0.438. The van der Waals surface area contributed by atoms with E-state index >= 15 is 0 Å². The van der Waals surface area contributed by atoms with E-state index in [1.54, 1.807) is 19.9 Å². The van der Waals surface area contributed by atoms with E-state index in [0.29, 0.717) is 5.56 Å². The second-order valence-electron chi connectivity index (χ2n) is 5.72. The molecule has 0 radical (unpaired) electrons. The molecule has 1 aromatic carbocycles. The third-order valence-electron chi connectivity index (χ3n) is 3.29. The van der Waals surface area contributed by atoms with Gasteiger partial charge in [0, 0.05) is 13.3 Å². The Balaban J connectivity index is 2.90. The number of primary amides is 1. The number of benzene rings is 1. The third-order valence-corrected chi connectivity index (χ3v) is 3.29. The Morgan fingerprint density at radius 1 is 1.22 bits per heavy atom. The quantitative estimate of drug-likeness (QED) is 0.681. The summed E-state index contributed by atoms with van der Waals surface area (Å²) in [7, 11) is 0. The van der Waals surface area contributed by atoms with E-state index in [2.05, 4.69) is 10.6 Å². The zero-order valence-electron chi connectivity index (χ0n) is 13.4. The largest absolute Gasteiger partial charge is 0.368 e. The normalized spacial score (nSPS) is 13.3. The van der Waals surface area contributed by atoms with E-state index < -0.39 is 35.6 Å². The maximum Gasteiger partial charge on any atom is 0.243 e. The number of carbonyl (C=O) groups excluding carboxylic acids is 3. The summed E-state index contributed by atoms with van der Waals surface area (Å²) in [5, 5.41) is 5.04. The van der Waals surface area contributed by atoms with Crippen LogP contribution >= 0.6 is 0 Å². The van der Waals surface area contributed by atoms with Gasteiger partial charge in [0.05, 0.1) is 0 Å². The second-order valence-corrected chi connectivity index (χ2v) is 5.72. The average molecular weight is 323 g/mol. The molecule has 126 valence electrons. The summed E-state index contributed by atoms with van der Waals surface area (Å²) in [4.78, 5) is 35.1. The first-order valence-electron chi connectivity index (χ1n) is 7.32. The molecule has 0 fully saturated rings. The van der Waals surface area contributed by atoms with Crippen molar-refractivity contribution in [3.8, 4) is 0 Å². The minimum Gasteiger partial charge on any atom is -0.368 e. The van der Waals surface area contributed by atoms with Gasteiger partial charge in [-0.3, -0.25) is 14.4 Å². The van der Waals surface area contributed by atoms with Crippen molar-refractivity contribution in [3.63, 3.8) is 0 Å².